The SMILES string of the molecule is NC(=O)c1ccc(F)c(C(=O)Nc2nnc3n2CCCC3)c1. The zero-order valence-electron chi connectivity index (χ0n) is 11.7. The van der Waals surface area contributed by atoms with Gasteiger partial charge in [-0.15, -0.1) is 10.2 Å². The van der Waals surface area contributed by atoms with Gasteiger partial charge in [-0.3, -0.25) is 19.5 Å². The van der Waals surface area contributed by atoms with E-state index in [-0.39, 0.29) is 17.1 Å². The Morgan fingerprint density at radius 2 is 2.09 bits per heavy atom. The Bertz CT molecular complexity index is 756. The number of hydrogen-bond donors (Lipinski definition) is 2. The molecule has 0 fully saturated rings. The molecule has 1 aliphatic rings. The third-order valence-corrected chi connectivity index (χ3v) is 3.58. The number of carbonyl (C=O) groups is 2. The molecule has 1 aromatic heterocycles. The number of hydrogen-bond acceptors (Lipinski definition) is 4. The van der Waals surface area contributed by atoms with Gasteiger partial charge in [0.25, 0.3) is 5.91 Å². The van der Waals surface area contributed by atoms with Crippen molar-refractivity contribution in [2.45, 2.75) is 25.8 Å². The van der Waals surface area contributed by atoms with Crippen molar-refractivity contribution in [1.82, 2.24) is 14.8 Å². The predicted molar refractivity (Wildman–Crippen MR) is 75.8 cm³/mol. The number of carbonyl (C=O) groups excluding carboxylic acids is 2. The maximum absolute atomic E-state index is 13.8. The first kappa shape index (κ1) is 14.2. The first-order chi connectivity index (χ1) is 10.6. The van der Waals surface area contributed by atoms with Gasteiger partial charge in [-0.2, -0.15) is 0 Å². The van der Waals surface area contributed by atoms with Crippen molar-refractivity contribution in [2.24, 2.45) is 5.73 Å². The van der Waals surface area contributed by atoms with Crippen molar-refractivity contribution in [2.75, 3.05) is 5.32 Å². The van der Waals surface area contributed by atoms with E-state index in [9.17, 15) is 14.0 Å². The summed E-state index contributed by atoms with van der Waals surface area (Å²) in [7, 11) is 0. The lowest BCUT2D eigenvalue weighted by molar-refractivity contribution is 0.1000. The Labute approximate surface area is 125 Å². The van der Waals surface area contributed by atoms with Crippen molar-refractivity contribution in [3.63, 3.8) is 0 Å². The summed E-state index contributed by atoms with van der Waals surface area (Å²) in [5, 5.41) is 10.5. The monoisotopic (exact) mass is 303 g/mol. The predicted octanol–water partition coefficient (Wildman–Crippen LogP) is 1.10. The number of nitrogens with one attached hydrogen (secondary N) is 1. The molecule has 0 radical (unpaired) electrons. The molecule has 7 nitrogen and oxygen atoms in total. The van der Waals surface area contributed by atoms with E-state index in [0.29, 0.717) is 6.54 Å². The highest BCUT2D eigenvalue weighted by Crippen LogP contribution is 2.18. The number of amides is 2. The molecule has 1 aliphatic heterocycles. The van der Waals surface area contributed by atoms with Gasteiger partial charge < -0.3 is 5.73 Å². The standard InChI is InChI=1S/C14H14FN5O2/c15-10-5-4-8(12(16)21)7-9(10)13(22)17-14-19-18-11-3-1-2-6-20(11)14/h4-5,7H,1-3,6H2,(H2,16,21)(H,17,19,22). The van der Waals surface area contributed by atoms with E-state index in [4.69, 9.17) is 5.73 Å². The number of rotatable bonds is 3. The number of primary amides is 1. The largest absolute Gasteiger partial charge is 0.366 e. The summed E-state index contributed by atoms with van der Waals surface area (Å²) >= 11 is 0. The fourth-order valence-electron chi connectivity index (χ4n) is 2.42. The molecule has 2 amide bonds. The summed E-state index contributed by atoms with van der Waals surface area (Å²) in [6, 6.07) is 3.39. The molecule has 0 spiro atoms. The number of aromatic nitrogens is 3. The molecule has 0 saturated heterocycles. The number of fused-ring (bicyclic) bond motifs is 1. The second kappa shape index (κ2) is 5.55. The van der Waals surface area contributed by atoms with Gasteiger partial charge in [0.15, 0.2) is 0 Å². The van der Waals surface area contributed by atoms with E-state index in [1.54, 1.807) is 4.57 Å². The van der Waals surface area contributed by atoms with Crippen LogP contribution in [0.1, 0.15) is 39.4 Å². The van der Waals surface area contributed by atoms with Crippen LogP contribution in [0, 0.1) is 5.82 Å². The van der Waals surface area contributed by atoms with Crippen molar-refractivity contribution >= 4 is 17.8 Å². The first-order valence-electron chi connectivity index (χ1n) is 6.89. The molecule has 1 aromatic carbocycles. The molecule has 3 N–H and O–H groups in total. The van der Waals surface area contributed by atoms with Gasteiger partial charge in [-0.25, -0.2) is 4.39 Å². The van der Waals surface area contributed by atoms with E-state index >= 15 is 0 Å². The molecule has 0 bridgehead atoms. The fraction of sp³-hybridized carbons (Fsp3) is 0.286. The summed E-state index contributed by atoms with van der Waals surface area (Å²) in [6.07, 6.45) is 2.80. The van der Waals surface area contributed by atoms with E-state index in [1.165, 1.54) is 6.07 Å². The molecule has 114 valence electrons. The van der Waals surface area contributed by atoms with Crippen LogP contribution in [0.4, 0.5) is 10.3 Å². The number of anilines is 1. The maximum Gasteiger partial charge on any atom is 0.261 e. The second-order valence-corrected chi connectivity index (χ2v) is 5.06. The smallest absolute Gasteiger partial charge is 0.261 e. The second-order valence-electron chi connectivity index (χ2n) is 5.06. The topological polar surface area (TPSA) is 103 Å². The number of halogens is 1. The van der Waals surface area contributed by atoms with Crippen LogP contribution < -0.4 is 11.1 Å². The lowest BCUT2D eigenvalue weighted by Crippen LogP contribution is -2.20. The molecule has 0 aliphatic carbocycles. The van der Waals surface area contributed by atoms with Crippen LogP contribution in [0.3, 0.4) is 0 Å². The molecular formula is C14H14FN5O2. The normalized spacial score (nSPS) is 13.5. The van der Waals surface area contributed by atoms with Gasteiger partial charge >= 0.3 is 0 Å². The minimum absolute atomic E-state index is 0.0647. The van der Waals surface area contributed by atoms with Gasteiger partial charge in [0, 0.05) is 18.5 Å². The van der Waals surface area contributed by atoms with Gasteiger partial charge in [0.1, 0.15) is 11.6 Å². The zero-order chi connectivity index (χ0) is 15.7. The molecule has 2 aromatic rings. The van der Waals surface area contributed by atoms with Gasteiger partial charge in [0.2, 0.25) is 11.9 Å². The van der Waals surface area contributed by atoms with E-state index < -0.39 is 17.6 Å². The Kier molecular flexibility index (Phi) is 3.58. The summed E-state index contributed by atoms with van der Waals surface area (Å²) in [6.45, 7) is 0.710. The average Bonchev–Trinajstić information content (AvgIpc) is 2.90. The van der Waals surface area contributed by atoms with Crippen LogP contribution in [-0.2, 0) is 13.0 Å². The first-order valence-corrected chi connectivity index (χ1v) is 6.89. The average molecular weight is 303 g/mol. The summed E-state index contributed by atoms with van der Waals surface area (Å²) in [5.41, 5.74) is 4.95. The fourth-order valence-corrected chi connectivity index (χ4v) is 2.42. The molecule has 0 saturated carbocycles. The highest BCUT2D eigenvalue weighted by Gasteiger charge is 2.20. The third-order valence-electron chi connectivity index (χ3n) is 3.58. The number of nitrogens with zero attached hydrogens (tertiary/aromatic N) is 3. The third kappa shape index (κ3) is 2.54. The van der Waals surface area contributed by atoms with Crippen LogP contribution >= 0.6 is 0 Å². The number of nitrogens with two attached hydrogens (primary N) is 1. The zero-order valence-corrected chi connectivity index (χ0v) is 11.7. The number of benzene rings is 1. The van der Waals surface area contributed by atoms with Gasteiger partial charge in [0.05, 0.1) is 5.56 Å². The molecule has 0 atom stereocenters. The van der Waals surface area contributed by atoms with Crippen LogP contribution in [0.2, 0.25) is 0 Å². The van der Waals surface area contributed by atoms with Crippen LogP contribution in [0.15, 0.2) is 18.2 Å². The van der Waals surface area contributed by atoms with Gasteiger partial charge in [-0.1, -0.05) is 0 Å². The van der Waals surface area contributed by atoms with Crippen LogP contribution in [0.25, 0.3) is 0 Å². The highest BCUT2D eigenvalue weighted by molar-refractivity contribution is 6.05. The van der Waals surface area contributed by atoms with E-state index in [0.717, 1.165) is 37.2 Å². The summed E-state index contributed by atoms with van der Waals surface area (Å²) in [4.78, 5) is 23.3. The molecular weight excluding hydrogens is 289 g/mol. The Morgan fingerprint density at radius 3 is 2.86 bits per heavy atom. The minimum atomic E-state index is -0.735. The van der Waals surface area contributed by atoms with Crippen molar-refractivity contribution in [3.8, 4) is 0 Å². The van der Waals surface area contributed by atoms with Crippen LogP contribution in [0.5, 0.6) is 0 Å². The van der Waals surface area contributed by atoms with Crippen molar-refractivity contribution in [1.29, 1.82) is 0 Å². The van der Waals surface area contributed by atoms with E-state index in [2.05, 4.69) is 15.5 Å². The minimum Gasteiger partial charge on any atom is -0.366 e. The molecule has 2 heterocycles. The molecule has 0 unspecified atom stereocenters. The summed E-state index contributed by atoms with van der Waals surface area (Å²) < 4.78 is 15.6. The summed E-state index contributed by atoms with van der Waals surface area (Å²) in [5.74, 6) is -1.08. The molecule has 22 heavy (non-hydrogen) atoms. The Balaban J connectivity index is 1.87. The maximum atomic E-state index is 13.8. The molecule has 8 heteroatoms. The highest BCUT2D eigenvalue weighted by atomic mass is 19.1. The van der Waals surface area contributed by atoms with E-state index in [1.807, 2.05) is 0 Å². The lowest BCUT2D eigenvalue weighted by Gasteiger charge is -2.14. The van der Waals surface area contributed by atoms with Crippen molar-refractivity contribution < 1.29 is 14.0 Å². The lowest BCUT2D eigenvalue weighted by atomic mass is 10.1. The molecule has 3 rings (SSSR count). The van der Waals surface area contributed by atoms with Crippen molar-refractivity contribution in [3.05, 3.63) is 41.0 Å². The Morgan fingerprint density at radius 1 is 1.27 bits per heavy atom. The van der Waals surface area contributed by atoms with Crippen LogP contribution in [-0.4, -0.2) is 26.6 Å². The van der Waals surface area contributed by atoms with Gasteiger partial charge in [-0.05, 0) is 31.0 Å². The quantitative estimate of drug-likeness (QED) is 0.886. The number of aryl methyl sites for hydroxylation is 1. The Hall–Kier alpha value is -2.77.